The number of ether oxygens (including phenoxy) is 1. The minimum absolute atomic E-state index is 0.0833. The van der Waals surface area contributed by atoms with E-state index in [-0.39, 0.29) is 29.6 Å². The molecule has 0 aromatic carbocycles. The second-order valence-corrected chi connectivity index (χ2v) is 9.77. The van der Waals surface area contributed by atoms with Gasteiger partial charge in [-0.2, -0.15) is 9.61 Å². The van der Waals surface area contributed by atoms with Gasteiger partial charge in [0.15, 0.2) is 11.1 Å². The number of thiophene rings is 1. The molecule has 4 aromatic heterocycles. The van der Waals surface area contributed by atoms with Crippen LogP contribution in [0.4, 0.5) is 0 Å². The van der Waals surface area contributed by atoms with E-state index in [0.717, 1.165) is 37.2 Å². The standard InChI is InChI=1S/C23H23N7O4S/c31-21-16(28-23(33)29-21)8-12-10-25-30-19(26-13-3-4-13)9-15(27-20(12)30)17-5-6-18(35-17)22(32)24-11-14-2-1-7-34-14/h5-6,8-10,13-14,31H,1-4,7,11H2,(H,24,32)(H2,28,29,33)/b12-8+,26-19?. The Morgan fingerprint density at radius 2 is 2.23 bits per heavy atom. The molecule has 1 unspecified atom stereocenters. The molecule has 1 saturated heterocycles. The van der Waals surface area contributed by atoms with Crippen molar-refractivity contribution in [3.8, 4) is 16.5 Å². The number of imidazole rings is 1. The lowest BCUT2D eigenvalue weighted by Gasteiger charge is -2.09. The quantitative estimate of drug-likeness (QED) is 0.311. The fourth-order valence-corrected chi connectivity index (χ4v) is 4.90. The lowest BCUT2D eigenvalue weighted by molar-refractivity contribution is 0.0861. The highest BCUT2D eigenvalue weighted by molar-refractivity contribution is 7.17. The van der Waals surface area contributed by atoms with Crippen molar-refractivity contribution in [2.45, 2.75) is 37.8 Å². The van der Waals surface area contributed by atoms with Crippen LogP contribution in [-0.2, 0) is 4.74 Å². The van der Waals surface area contributed by atoms with Crippen molar-refractivity contribution in [3.05, 3.63) is 56.2 Å². The summed E-state index contributed by atoms with van der Waals surface area (Å²) in [5, 5.41) is 18.0. The van der Waals surface area contributed by atoms with Crippen molar-refractivity contribution in [2.75, 3.05) is 13.2 Å². The maximum Gasteiger partial charge on any atom is 0.326 e. The van der Waals surface area contributed by atoms with E-state index in [4.69, 9.17) is 14.7 Å². The Labute approximate surface area is 202 Å². The zero-order chi connectivity index (χ0) is 23.9. The largest absolute Gasteiger partial charge is 0.493 e. The summed E-state index contributed by atoms with van der Waals surface area (Å²) in [5.41, 5.74) is 1.59. The predicted molar refractivity (Wildman–Crippen MR) is 128 cm³/mol. The average molecular weight is 494 g/mol. The Hall–Kier alpha value is -3.77. The summed E-state index contributed by atoms with van der Waals surface area (Å²) in [7, 11) is 0. The third-order valence-corrected chi connectivity index (χ3v) is 7.08. The van der Waals surface area contributed by atoms with Crippen molar-refractivity contribution in [1.82, 2.24) is 29.9 Å². The molecule has 1 aliphatic heterocycles. The molecule has 1 amide bonds. The summed E-state index contributed by atoms with van der Waals surface area (Å²) in [5.74, 6) is -0.392. The lowest BCUT2D eigenvalue weighted by atomic mass is 10.2. The van der Waals surface area contributed by atoms with E-state index in [1.54, 1.807) is 22.9 Å². The number of aromatic amines is 2. The number of nitrogens with one attached hydrogen (secondary N) is 3. The highest BCUT2D eigenvalue weighted by Gasteiger charge is 2.21. The van der Waals surface area contributed by atoms with Crippen LogP contribution in [0.5, 0.6) is 5.88 Å². The number of fused-ring (bicyclic) bond motifs is 1. The van der Waals surface area contributed by atoms with Gasteiger partial charge in [-0.25, -0.2) is 9.78 Å². The van der Waals surface area contributed by atoms with Crippen LogP contribution in [0.15, 0.2) is 34.2 Å². The Balaban J connectivity index is 1.38. The number of nitrogens with zero attached hydrogens (tertiary/aromatic N) is 4. The Morgan fingerprint density at radius 3 is 2.97 bits per heavy atom. The van der Waals surface area contributed by atoms with E-state index in [2.05, 4.69) is 20.4 Å². The summed E-state index contributed by atoms with van der Waals surface area (Å²) in [4.78, 5) is 40.0. The predicted octanol–water partition coefficient (Wildman–Crippen LogP) is 0.699. The summed E-state index contributed by atoms with van der Waals surface area (Å²) >= 11 is 1.36. The van der Waals surface area contributed by atoms with Gasteiger partial charge in [0.1, 0.15) is 5.69 Å². The van der Waals surface area contributed by atoms with Crippen LogP contribution in [0.2, 0.25) is 0 Å². The molecule has 2 aliphatic rings. The molecule has 5 heterocycles. The first kappa shape index (κ1) is 21.7. The van der Waals surface area contributed by atoms with Gasteiger partial charge in [-0.05, 0) is 43.9 Å². The van der Waals surface area contributed by atoms with Crippen molar-refractivity contribution < 1.29 is 14.6 Å². The van der Waals surface area contributed by atoms with Crippen LogP contribution in [0.25, 0.3) is 22.3 Å². The maximum atomic E-state index is 12.7. The zero-order valence-electron chi connectivity index (χ0n) is 18.7. The number of amides is 1. The van der Waals surface area contributed by atoms with E-state index in [0.29, 0.717) is 33.5 Å². The molecular weight excluding hydrogens is 470 g/mol. The Morgan fingerprint density at radius 1 is 1.34 bits per heavy atom. The van der Waals surface area contributed by atoms with E-state index in [1.807, 2.05) is 12.1 Å². The minimum Gasteiger partial charge on any atom is -0.493 e. The summed E-state index contributed by atoms with van der Waals surface area (Å²) in [6.45, 7) is 1.25. The molecule has 0 bridgehead atoms. The fourth-order valence-electron chi connectivity index (χ4n) is 4.02. The van der Waals surface area contributed by atoms with Crippen molar-refractivity contribution in [1.29, 1.82) is 0 Å². The maximum absolute atomic E-state index is 12.7. The number of aromatic hydroxyl groups is 1. The first-order valence-electron chi connectivity index (χ1n) is 11.5. The van der Waals surface area contributed by atoms with E-state index < -0.39 is 5.69 Å². The van der Waals surface area contributed by atoms with Crippen LogP contribution in [0, 0.1) is 0 Å². The molecule has 1 aliphatic carbocycles. The summed E-state index contributed by atoms with van der Waals surface area (Å²) in [6, 6.07) is 5.80. The zero-order valence-corrected chi connectivity index (χ0v) is 19.5. The topological polar surface area (TPSA) is 150 Å². The second kappa shape index (κ2) is 8.78. The van der Waals surface area contributed by atoms with Gasteiger partial charge in [0.25, 0.3) is 5.91 Å². The monoisotopic (exact) mass is 493 g/mol. The van der Waals surface area contributed by atoms with Crippen LogP contribution in [0.3, 0.4) is 0 Å². The van der Waals surface area contributed by atoms with Crippen LogP contribution in [-0.4, -0.2) is 60.9 Å². The van der Waals surface area contributed by atoms with Gasteiger partial charge in [0.05, 0.1) is 33.8 Å². The van der Waals surface area contributed by atoms with Gasteiger partial charge in [0, 0.05) is 24.4 Å². The first-order valence-corrected chi connectivity index (χ1v) is 12.3. The number of aromatic nitrogens is 5. The van der Waals surface area contributed by atoms with Crippen LogP contribution >= 0.6 is 11.3 Å². The molecule has 2 fully saturated rings. The number of hydrogen-bond donors (Lipinski definition) is 4. The molecule has 4 aromatic rings. The fraction of sp³-hybridized carbons (Fsp3) is 0.348. The van der Waals surface area contributed by atoms with Crippen molar-refractivity contribution in [3.63, 3.8) is 0 Å². The molecule has 1 saturated carbocycles. The average Bonchev–Trinajstić information content (AvgIpc) is 3.28. The second-order valence-electron chi connectivity index (χ2n) is 8.69. The molecule has 0 radical (unpaired) electrons. The molecule has 6 rings (SSSR count). The molecule has 1 atom stereocenters. The van der Waals surface area contributed by atoms with E-state index in [1.165, 1.54) is 11.3 Å². The lowest BCUT2D eigenvalue weighted by Crippen LogP contribution is -2.31. The van der Waals surface area contributed by atoms with Gasteiger partial charge in [-0.3, -0.25) is 14.8 Å². The SMILES string of the molecule is O=C(NCC1CCCO1)c1ccc(-c2cc(=NC3CC3)n3nc/c(=C\c4[nH]c(=O)[nH]c4O)c3n2)s1. The van der Waals surface area contributed by atoms with Gasteiger partial charge in [-0.15, -0.1) is 11.3 Å². The summed E-state index contributed by atoms with van der Waals surface area (Å²) in [6.07, 6.45) is 7.36. The van der Waals surface area contributed by atoms with Gasteiger partial charge >= 0.3 is 5.69 Å². The minimum atomic E-state index is -0.507. The van der Waals surface area contributed by atoms with Crippen LogP contribution in [0.1, 0.15) is 41.0 Å². The molecular formula is C23H23N7O4S. The van der Waals surface area contributed by atoms with E-state index in [9.17, 15) is 14.7 Å². The van der Waals surface area contributed by atoms with Gasteiger partial charge in [0.2, 0.25) is 5.88 Å². The Bertz CT molecular complexity index is 1590. The number of hydrogen-bond acceptors (Lipinski definition) is 8. The number of carbonyl (C=O) groups is 1. The first-order chi connectivity index (χ1) is 17.0. The third kappa shape index (κ3) is 4.49. The molecule has 11 nitrogen and oxygen atoms in total. The van der Waals surface area contributed by atoms with Crippen molar-refractivity contribution in [2.24, 2.45) is 4.99 Å². The smallest absolute Gasteiger partial charge is 0.326 e. The number of H-pyrrole nitrogens is 2. The molecule has 35 heavy (non-hydrogen) atoms. The van der Waals surface area contributed by atoms with E-state index >= 15 is 0 Å². The highest BCUT2D eigenvalue weighted by Crippen LogP contribution is 2.27. The third-order valence-electron chi connectivity index (χ3n) is 5.97. The highest BCUT2D eigenvalue weighted by atomic mass is 32.1. The van der Waals surface area contributed by atoms with Gasteiger partial charge < -0.3 is 20.1 Å². The molecule has 4 N–H and O–H groups in total. The number of carbonyl (C=O) groups excluding carboxylic acids is 1. The van der Waals surface area contributed by atoms with Crippen LogP contribution < -0.4 is 21.7 Å². The molecule has 12 heteroatoms. The molecule has 0 spiro atoms. The normalized spacial score (nSPS) is 19.1. The molecule has 180 valence electrons. The van der Waals surface area contributed by atoms with Gasteiger partial charge in [-0.1, -0.05) is 0 Å². The summed E-state index contributed by atoms with van der Waals surface area (Å²) < 4.78 is 7.23. The number of rotatable bonds is 6. The Kier molecular flexibility index (Phi) is 5.46. The van der Waals surface area contributed by atoms with Crippen molar-refractivity contribution >= 4 is 29.0 Å².